The zero-order valence-corrected chi connectivity index (χ0v) is 11.0. The Kier molecular flexibility index (Phi) is 3.56. The van der Waals surface area contributed by atoms with Crippen LogP contribution in [0.2, 0.25) is 0 Å². The third kappa shape index (κ3) is 2.26. The van der Waals surface area contributed by atoms with Gasteiger partial charge in [-0.15, -0.1) is 0 Å². The molecular weight excluding hydrogens is 224 g/mol. The van der Waals surface area contributed by atoms with Crippen molar-refractivity contribution in [3.8, 4) is 0 Å². The lowest BCUT2D eigenvalue weighted by atomic mass is 10.0. The van der Waals surface area contributed by atoms with E-state index in [9.17, 15) is 8.42 Å². The molecule has 0 aromatic rings. The summed E-state index contributed by atoms with van der Waals surface area (Å²) in [7, 11) is -3.06. The van der Waals surface area contributed by atoms with Crippen LogP contribution in [-0.4, -0.2) is 44.2 Å². The molecule has 3 atom stereocenters. The molecule has 0 saturated carbocycles. The van der Waals surface area contributed by atoms with E-state index >= 15 is 0 Å². The Bertz CT molecular complexity index is 326. The minimum atomic E-state index is -3.06. The molecule has 4 nitrogen and oxygen atoms in total. The maximum atomic E-state index is 12.4. The molecule has 2 aliphatic heterocycles. The van der Waals surface area contributed by atoms with E-state index in [2.05, 4.69) is 19.2 Å². The van der Waals surface area contributed by atoms with Crippen LogP contribution in [0.25, 0.3) is 0 Å². The molecule has 2 heterocycles. The molecule has 2 aliphatic rings. The molecule has 2 saturated heterocycles. The van der Waals surface area contributed by atoms with Crippen molar-refractivity contribution in [3.63, 3.8) is 0 Å². The van der Waals surface area contributed by atoms with Crippen molar-refractivity contribution in [1.82, 2.24) is 9.62 Å². The summed E-state index contributed by atoms with van der Waals surface area (Å²) in [4.78, 5) is 0. The van der Waals surface area contributed by atoms with Crippen LogP contribution in [0.1, 0.15) is 26.7 Å². The molecule has 94 valence electrons. The molecule has 0 amide bonds. The van der Waals surface area contributed by atoms with Gasteiger partial charge in [0, 0.05) is 19.6 Å². The molecule has 0 aliphatic carbocycles. The van der Waals surface area contributed by atoms with Crippen LogP contribution in [0, 0.1) is 11.8 Å². The summed E-state index contributed by atoms with van der Waals surface area (Å²) in [6, 6.07) is 0. The van der Waals surface area contributed by atoms with Crippen molar-refractivity contribution in [1.29, 1.82) is 0 Å². The lowest BCUT2D eigenvalue weighted by Crippen LogP contribution is -2.45. The maximum Gasteiger partial charge on any atom is 0.218 e. The molecule has 0 bridgehead atoms. The van der Waals surface area contributed by atoms with Crippen LogP contribution < -0.4 is 5.32 Å². The smallest absolute Gasteiger partial charge is 0.218 e. The lowest BCUT2D eigenvalue weighted by molar-refractivity contribution is 0.427. The summed E-state index contributed by atoms with van der Waals surface area (Å²) < 4.78 is 26.4. The summed E-state index contributed by atoms with van der Waals surface area (Å²) in [5, 5.41) is 2.99. The molecule has 3 unspecified atom stereocenters. The first-order valence-corrected chi connectivity index (χ1v) is 7.72. The first-order chi connectivity index (χ1) is 7.51. The molecule has 16 heavy (non-hydrogen) atoms. The molecule has 1 N–H and O–H groups in total. The molecule has 0 aromatic heterocycles. The van der Waals surface area contributed by atoms with Gasteiger partial charge in [0.1, 0.15) is 0 Å². The van der Waals surface area contributed by atoms with E-state index in [1.165, 1.54) is 0 Å². The number of sulfonamides is 1. The molecular formula is C11H22N2O2S. The summed E-state index contributed by atoms with van der Waals surface area (Å²) >= 11 is 0. The first-order valence-electron chi connectivity index (χ1n) is 6.21. The highest BCUT2D eigenvalue weighted by Crippen LogP contribution is 2.27. The Hall–Kier alpha value is -0.130. The average Bonchev–Trinajstić information content (AvgIpc) is 2.61. The fraction of sp³-hybridized carbons (Fsp3) is 1.00. The van der Waals surface area contributed by atoms with E-state index < -0.39 is 10.0 Å². The van der Waals surface area contributed by atoms with Crippen LogP contribution in [0.4, 0.5) is 0 Å². The number of nitrogens with one attached hydrogen (secondary N) is 1. The van der Waals surface area contributed by atoms with Gasteiger partial charge in [-0.05, 0) is 31.2 Å². The molecule has 0 radical (unpaired) electrons. The number of piperidine rings is 1. The van der Waals surface area contributed by atoms with Gasteiger partial charge in [0.05, 0.1) is 5.25 Å². The van der Waals surface area contributed by atoms with Crippen molar-refractivity contribution in [3.05, 3.63) is 0 Å². The maximum absolute atomic E-state index is 12.4. The van der Waals surface area contributed by atoms with Gasteiger partial charge in [0.15, 0.2) is 0 Å². The van der Waals surface area contributed by atoms with Gasteiger partial charge in [-0.1, -0.05) is 13.8 Å². The van der Waals surface area contributed by atoms with E-state index in [1.807, 2.05) is 0 Å². The van der Waals surface area contributed by atoms with Gasteiger partial charge in [0.2, 0.25) is 10.0 Å². The summed E-state index contributed by atoms with van der Waals surface area (Å²) in [6.07, 6.45) is 1.79. The van der Waals surface area contributed by atoms with Gasteiger partial charge < -0.3 is 5.32 Å². The van der Waals surface area contributed by atoms with Crippen molar-refractivity contribution < 1.29 is 8.42 Å². The fourth-order valence-electron chi connectivity index (χ4n) is 2.57. The Morgan fingerprint density at radius 1 is 1.19 bits per heavy atom. The van der Waals surface area contributed by atoms with Crippen LogP contribution >= 0.6 is 0 Å². The van der Waals surface area contributed by atoms with E-state index in [0.717, 1.165) is 19.4 Å². The monoisotopic (exact) mass is 246 g/mol. The standard InChI is InChI=1S/C11H22N2O2S/c1-9-7-13(8-10(9)2)16(14,15)11-4-3-5-12-6-11/h9-12H,3-8H2,1-2H3. The van der Waals surface area contributed by atoms with Gasteiger partial charge in [-0.25, -0.2) is 12.7 Å². The van der Waals surface area contributed by atoms with Crippen LogP contribution in [-0.2, 0) is 10.0 Å². The number of rotatable bonds is 2. The van der Waals surface area contributed by atoms with E-state index in [1.54, 1.807) is 4.31 Å². The quantitative estimate of drug-likeness (QED) is 0.778. The highest BCUT2D eigenvalue weighted by atomic mass is 32.2. The fourth-order valence-corrected chi connectivity index (χ4v) is 4.67. The third-order valence-corrected chi connectivity index (χ3v) is 6.25. The Morgan fingerprint density at radius 2 is 1.81 bits per heavy atom. The van der Waals surface area contributed by atoms with Crippen molar-refractivity contribution >= 4 is 10.0 Å². The first kappa shape index (κ1) is 12.3. The van der Waals surface area contributed by atoms with Crippen LogP contribution in [0.5, 0.6) is 0 Å². The third-order valence-electron chi connectivity index (χ3n) is 3.99. The van der Waals surface area contributed by atoms with E-state index in [0.29, 0.717) is 31.5 Å². The van der Waals surface area contributed by atoms with Crippen molar-refractivity contribution in [2.24, 2.45) is 11.8 Å². The topological polar surface area (TPSA) is 49.4 Å². The Balaban J connectivity index is 2.07. The number of hydrogen-bond acceptors (Lipinski definition) is 3. The molecule has 0 spiro atoms. The summed E-state index contributed by atoms with van der Waals surface area (Å²) in [6.45, 7) is 7.28. The molecule has 5 heteroatoms. The van der Waals surface area contributed by atoms with Gasteiger partial charge in [0.25, 0.3) is 0 Å². The normalized spacial score (nSPS) is 37.8. The minimum Gasteiger partial charge on any atom is -0.315 e. The van der Waals surface area contributed by atoms with E-state index in [-0.39, 0.29) is 5.25 Å². The van der Waals surface area contributed by atoms with Gasteiger partial charge in [-0.2, -0.15) is 0 Å². The second-order valence-electron chi connectivity index (χ2n) is 5.28. The molecule has 2 fully saturated rings. The second kappa shape index (κ2) is 4.63. The summed E-state index contributed by atoms with van der Waals surface area (Å²) in [5.41, 5.74) is 0. The zero-order valence-electron chi connectivity index (χ0n) is 10.1. The number of nitrogens with zero attached hydrogens (tertiary/aromatic N) is 1. The average molecular weight is 246 g/mol. The predicted octanol–water partition coefficient (Wildman–Crippen LogP) is 0.656. The van der Waals surface area contributed by atoms with E-state index in [4.69, 9.17) is 0 Å². The molecule has 0 aromatic carbocycles. The van der Waals surface area contributed by atoms with Crippen molar-refractivity contribution in [2.75, 3.05) is 26.2 Å². The minimum absolute atomic E-state index is 0.196. The highest BCUT2D eigenvalue weighted by Gasteiger charge is 2.38. The number of hydrogen-bond donors (Lipinski definition) is 1. The van der Waals surface area contributed by atoms with Crippen molar-refractivity contribution in [2.45, 2.75) is 31.9 Å². The SMILES string of the molecule is CC1CN(S(=O)(=O)C2CCCNC2)CC1C. The largest absolute Gasteiger partial charge is 0.315 e. The van der Waals surface area contributed by atoms with Crippen LogP contribution in [0.15, 0.2) is 0 Å². The van der Waals surface area contributed by atoms with Gasteiger partial charge >= 0.3 is 0 Å². The lowest BCUT2D eigenvalue weighted by Gasteiger charge is -2.27. The summed E-state index contributed by atoms with van der Waals surface area (Å²) in [5.74, 6) is 0.984. The van der Waals surface area contributed by atoms with Gasteiger partial charge in [-0.3, -0.25) is 0 Å². The zero-order chi connectivity index (χ0) is 11.8. The molecule has 2 rings (SSSR count). The Morgan fingerprint density at radius 3 is 2.31 bits per heavy atom. The Labute approximate surface area is 98.4 Å². The van der Waals surface area contributed by atoms with Crippen LogP contribution in [0.3, 0.4) is 0 Å². The highest BCUT2D eigenvalue weighted by molar-refractivity contribution is 7.89. The predicted molar refractivity (Wildman–Crippen MR) is 64.7 cm³/mol. The second-order valence-corrected chi connectivity index (χ2v) is 7.50.